The van der Waals surface area contributed by atoms with Crippen LogP contribution in [0.1, 0.15) is 12.5 Å². The van der Waals surface area contributed by atoms with Crippen molar-refractivity contribution in [1.82, 2.24) is 9.44 Å². The van der Waals surface area contributed by atoms with Gasteiger partial charge >= 0.3 is 11.9 Å². The molecule has 0 unspecified atom stereocenters. The second-order valence-corrected chi connectivity index (χ2v) is 6.23. The van der Waals surface area contributed by atoms with Gasteiger partial charge in [-0.1, -0.05) is 30.3 Å². The van der Waals surface area contributed by atoms with E-state index in [1.54, 1.807) is 30.3 Å². The highest BCUT2D eigenvalue weighted by Crippen LogP contribution is 2.05. The molecule has 9 heteroatoms. The summed E-state index contributed by atoms with van der Waals surface area (Å²) in [5, 5.41) is 0. The van der Waals surface area contributed by atoms with E-state index < -0.39 is 34.2 Å². The maximum atomic E-state index is 12.0. The Hall–Kier alpha value is -1.97. The first kappa shape index (κ1) is 19.1. The number of rotatable bonds is 8. The van der Waals surface area contributed by atoms with Crippen molar-refractivity contribution in [1.29, 1.82) is 0 Å². The topological polar surface area (TPSA) is 111 Å². The predicted molar refractivity (Wildman–Crippen MR) is 82.6 cm³/mol. The maximum absolute atomic E-state index is 12.0. The minimum absolute atomic E-state index is 0.112. The fourth-order valence-corrected chi connectivity index (χ4v) is 3.03. The van der Waals surface area contributed by atoms with Crippen molar-refractivity contribution >= 4 is 22.1 Å². The number of carbonyl (C=O) groups excluding carboxylic acids is 2. The van der Waals surface area contributed by atoms with Gasteiger partial charge in [0.25, 0.3) is 10.2 Å². The second kappa shape index (κ2) is 8.61. The molecule has 0 saturated heterocycles. The van der Waals surface area contributed by atoms with Crippen molar-refractivity contribution < 1.29 is 27.5 Å². The Bertz CT molecular complexity index is 632. The number of carbonyl (C=O) groups is 2. The van der Waals surface area contributed by atoms with Gasteiger partial charge in [0, 0.05) is 0 Å². The van der Waals surface area contributed by atoms with Crippen molar-refractivity contribution in [2.45, 2.75) is 25.4 Å². The summed E-state index contributed by atoms with van der Waals surface area (Å²) >= 11 is 0. The van der Waals surface area contributed by atoms with E-state index in [1.165, 1.54) is 14.0 Å². The summed E-state index contributed by atoms with van der Waals surface area (Å²) in [4.78, 5) is 23.1. The molecule has 1 rings (SSSR count). The Morgan fingerprint density at radius 1 is 1.04 bits per heavy atom. The summed E-state index contributed by atoms with van der Waals surface area (Å²) in [7, 11) is -1.80. The van der Waals surface area contributed by atoms with Crippen LogP contribution in [0.25, 0.3) is 0 Å². The van der Waals surface area contributed by atoms with E-state index in [4.69, 9.17) is 0 Å². The lowest BCUT2D eigenvalue weighted by Crippen LogP contribution is -2.51. The lowest BCUT2D eigenvalue weighted by Gasteiger charge is -2.18. The van der Waals surface area contributed by atoms with Crippen LogP contribution in [0.15, 0.2) is 30.3 Å². The van der Waals surface area contributed by atoms with Gasteiger partial charge in [-0.25, -0.2) is 0 Å². The number of methoxy groups -OCH3 is 2. The van der Waals surface area contributed by atoms with Crippen LogP contribution in [0.3, 0.4) is 0 Å². The van der Waals surface area contributed by atoms with Gasteiger partial charge < -0.3 is 9.47 Å². The number of nitrogens with one attached hydrogen (secondary N) is 2. The minimum Gasteiger partial charge on any atom is -0.468 e. The molecular formula is C14H20N2O6S. The van der Waals surface area contributed by atoms with E-state index in [0.717, 1.165) is 12.7 Å². The van der Waals surface area contributed by atoms with Crippen LogP contribution in [-0.2, 0) is 35.7 Å². The molecule has 2 N–H and O–H groups in total. The molecular weight excluding hydrogens is 324 g/mol. The van der Waals surface area contributed by atoms with E-state index in [2.05, 4.69) is 18.9 Å². The summed E-state index contributed by atoms with van der Waals surface area (Å²) in [5.41, 5.74) is 0.756. The number of benzene rings is 1. The quantitative estimate of drug-likeness (QED) is 0.630. The van der Waals surface area contributed by atoms with Crippen LogP contribution in [0.4, 0.5) is 0 Å². The van der Waals surface area contributed by atoms with Crippen LogP contribution in [0.5, 0.6) is 0 Å². The predicted octanol–water partition coefficient (Wildman–Crippen LogP) is -0.244. The first-order chi connectivity index (χ1) is 10.8. The molecule has 1 aromatic rings. The van der Waals surface area contributed by atoms with E-state index in [0.29, 0.717) is 0 Å². The van der Waals surface area contributed by atoms with E-state index in [1.807, 2.05) is 0 Å². The van der Waals surface area contributed by atoms with Crippen molar-refractivity contribution in [3.8, 4) is 0 Å². The SMILES string of the molecule is COC(=O)[C@@H](C)NS(=O)(=O)N[C@H](Cc1ccccc1)C(=O)OC. The molecule has 2 atom stereocenters. The van der Waals surface area contributed by atoms with Crippen molar-refractivity contribution in [2.75, 3.05) is 14.2 Å². The molecule has 0 aliphatic carbocycles. The smallest absolute Gasteiger partial charge is 0.324 e. The molecule has 8 nitrogen and oxygen atoms in total. The molecule has 0 amide bonds. The summed E-state index contributed by atoms with van der Waals surface area (Å²) in [6.07, 6.45) is 0.112. The lowest BCUT2D eigenvalue weighted by atomic mass is 10.1. The average molecular weight is 344 g/mol. The molecule has 0 radical (unpaired) electrons. The summed E-state index contributed by atoms with van der Waals surface area (Å²) in [6.45, 7) is 1.33. The summed E-state index contributed by atoms with van der Waals surface area (Å²) in [6, 6.07) is 6.66. The third-order valence-electron chi connectivity index (χ3n) is 2.95. The van der Waals surface area contributed by atoms with Gasteiger partial charge in [0.2, 0.25) is 0 Å². The Balaban J connectivity index is 2.84. The van der Waals surface area contributed by atoms with Gasteiger partial charge in [-0.15, -0.1) is 0 Å². The normalized spacial score (nSPS) is 13.9. The van der Waals surface area contributed by atoms with Crippen LogP contribution in [0.2, 0.25) is 0 Å². The highest BCUT2D eigenvalue weighted by molar-refractivity contribution is 7.87. The van der Waals surface area contributed by atoms with E-state index in [-0.39, 0.29) is 6.42 Å². The minimum atomic E-state index is -4.11. The lowest BCUT2D eigenvalue weighted by molar-refractivity contribution is -0.142. The summed E-state index contributed by atoms with van der Waals surface area (Å²) in [5.74, 6) is -1.47. The Morgan fingerprint density at radius 3 is 2.13 bits per heavy atom. The van der Waals surface area contributed by atoms with Gasteiger partial charge in [0.1, 0.15) is 12.1 Å². The third kappa shape index (κ3) is 6.35. The highest BCUT2D eigenvalue weighted by atomic mass is 32.2. The zero-order valence-corrected chi connectivity index (χ0v) is 13.9. The maximum Gasteiger partial charge on any atom is 0.324 e. The molecule has 23 heavy (non-hydrogen) atoms. The fourth-order valence-electron chi connectivity index (χ4n) is 1.84. The van der Waals surface area contributed by atoms with Crippen molar-refractivity contribution in [3.63, 3.8) is 0 Å². The third-order valence-corrected chi connectivity index (χ3v) is 4.21. The number of hydrogen-bond acceptors (Lipinski definition) is 6. The molecule has 128 valence electrons. The van der Waals surface area contributed by atoms with Crippen LogP contribution >= 0.6 is 0 Å². The van der Waals surface area contributed by atoms with E-state index >= 15 is 0 Å². The molecule has 0 aliphatic rings. The highest BCUT2D eigenvalue weighted by Gasteiger charge is 2.28. The largest absolute Gasteiger partial charge is 0.468 e. The van der Waals surface area contributed by atoms with Crippen LogP contribution in [0, 0.1) is 0 Å². The van der Waals surface area contributed by atoms with Crippen molar-refractivity contribution in [3.05, 3.63) is 35.9 Å². The average Bonchev–Trinajstić information content (AvgIpc) is 2.52. The first-order valence-corrected chi connectivity index (χ1v) is 8.26. The van der Waals surface area contributed by atoms with Crippen molar-refractivity contribution in [2.24, 2.45) is 0 Å². The molecule has 0 aliphatic heterocycles. The molecule has 0 saturated carbocycles. The monoisotopic (exact) mass is 344 g/mol. The van der Waals surface area contributed by atoms with E-state index in [9.17, 15) is 18.0 Å². The van der Waals surface area contributed by atoms with Crippen LogP contribution < -0.4 is 9.44 Å². The second-order valence-electron chi connectivity index (χ2n) is 4.75. The zero-order valence-electron chi connectivity index (χ0n) is 13.1. The standard InChI is InChI=1S/C14H20N2O6S/c1-10(13(17)21-2)15-23(19,20)16-12(14(18)22-3)9-11-7-5-4-6-8-11/h4-8,10,12,15-16H,9H2,1-3H3/t10-,12-/m1/s1. The molecule has 0 bridgehead atoms. The van der Waals surface area contributed by atoms with Gasteiger partial charge in [-0.2, -0.15) is 17.9 Å². The molecule has 1 aromatic carbocycles. The number of ether oxygens (including phenoxy) is 2. The Labute approximate surface area is 135 Å². The van der Waals surface area contributed by atoms with Gasteiger partial charge in [0.15, 0.2) is 0 Å². The van der Waals surface area contributed by atoms with Gasteiger partial charge in [0.05, 0.1) is 14.2 Å². The fraction of sp³-hybridized carbons (Fsp3) is 0.429. The molecule has 0 fully saturated rings. The molecule has 0 aromatic heterocycles. The number of esters is 2. The molecule has 0 spiro atoms. The Morgan fingerprint density at radius 2 is 1.61 bits per heavy atom. The summed E-state index contributed by atoms with van der Waals surface area (Å²) < 4.78 is 37.4. The zero-order chi connectivity index (χ0) is 17.5. The molecule has 0 heterocycles. The Kier molecular flexibility index (Phi) is 7.14. The van der Waals surface area contributed by atoms with Gasteiger partial charge in [-0.05, 0) is 18.9 Å². The number of hydrogen-bond donors (Lipinski definition) is 2. The van der Waals surface area contributed by atoms with Crippen LogP contribution in [-0.4, -0.2) is 46.7 Å². The first-order valence-electron chi connectivity index (χ1n) is 6.78. The van der Waals surface area contributed by atoms with Gasteiger partial charge in [-0.3, -0.25) is 9.59 Å².